The van der Waals surface area contributed by atoms with Gasteiger partial charge in [-0.2, -0.15) is 0 Å². The summed E-state index contributed by atoms with van der Waals surface area (Å²) in [7, 11) is 0. The average Bonchev–Trinajstić information content (AvgIpc) is 2.69. The van der Waals surface area contributed by atoms with Gasteiger partial charge in [-0.3, -0.25) is 9.59 Å². The summed E-state index contributed by atoms with van der Waals surface area (Å²) < 4.78 is 5.39. The van der Waals surface area contributed by atoms with Crippen molar-refractivity contribution in [3.8, 4) is 0 Å². The largest absolute Gasteiger partial charge is 0.393 e. The van der Waals surface area contributed by atoms with Gasteiger partial charge in [0, 0.05) is 0 Å². The Morgan fingerprint density at radius 3 is 1.97 bits per heavy atom. The smallest absolute Gasteiger partial charge is 0.317 e. The lowest BCUT2D eigenvalue weighted by Gasteiger charge is -2.74. The van der Waals surface area contributed by atoms with E-state index < -0.39 is 0 Å². The predicted octanol–water partition coefficient (Wildman–Crippen LogP) is 7.18. The van der Waals surface area contributed by atoms with Crippen LogP contribution in [0.1, 0.15) is 113 Å². The maximum absolute atomic E-state index is 13.3. The summed E-state index contributed by atoms with van der Waals surface area (Å²) in [5.41, 5.74) is 1.11. The molecule has 0 spiro atoms. The van der Waals surface area contributed by atoms with Crippen LogP contribution in [0, 0.1) is 56.2 Å². The van der Waals surface area contributed by atoms with E-state index in [0.29, 0.717) is 22.2 Å². The molecule has 1 aliphatic heterocycles. The van der Waals surface area contributed by atoms with Crippen LogP contribution in [-0.2, 0) is 14.3 Å². The number of ether oxygens (including phenoxy) is 1. The minimum atomic E-state index is -0.305. The third kappa shape index (κ3) is 2.60. The van der Waals surface area contributed by atoms with Gasteiger partial charge in [0.15, 0.2) is 0 Å². The van der Waals surface area contributed by atoms with E-state index in [9.17, 15) is 9.59 Å². The first kappa shape index (κ1) is 22.9. The highest BCUT2D eigenvalue weighted by atomic mass is 16.6. The second-order valence-corrected chi connectivity index (χ2v) is 14.9. The van der Waals surface area contributed by atoms with Crippen molar-refractivity contribution in [3.63, 3.8) is 0 Å². The molecule has 4 saturated carbocycles. The van der Waals surface area contributed by atoms with Gasteiger partial charge in [-0.05, 0) is 102 Å². The van der Waals surface area contributed by atoms with E-state index in [1.165, 1.54) is 38.5 Å². The summed E-state index contributed by atoms with van der Waals surface area (Å²) in [6.45, 7) is 19.4. The number of fused-ring (bicyclic) bond motifs is 7. The molecule has 5 fully saturated rings. The zero-order valence-electron chi connectivity index (χ0n) is 21.9. The van der Waals surface area contributed by atoms with Crippen molar-refractivity contribution < 1.29 is 14.3 Å². The highest BCUT2D eigenvalue weighted by Gasteiger charge is 2.72. The number of carbonyl (C=O) groups is 2. The van der Waals surface area contributed by atoms with Crippen LogP contribution < -0.4 is 0 Å². The third-order valence-corrected chi connectivity index (χ3v) is 13.1. The summed E-state index contributed by atoms with van der Waals surface area (Å²) in [6, 6.07) is 0. The van der Waals surface area contributed by atoms with Gasteiger partial charge in [0.2, 0.25) is 0 Å². The fourth-order valence-corrected chi connectivity index (χ4v) is 10.6. The van der Waals surface area contributed by atoms with Gasteiger partial charge in [0.05, 0.1) is 11.8 Å². The molecule has 1 heterocycles. The SMILES string of the molecule is CC1C(=O)OC(=O)C2C1(C)CCC1C2(C)CCC2(C)C3CC(C)(C)CCC3(C)CCC12C. The van der Waals surface area contributed by atoms with Crippen LogP contribution in [0.4, 0.5) is 0 Å². The Balaban J connectivity index is 1.58. The number of cyclic esters (lactones) is 2. The Hall–Kier alpha value is -0.860. The molecule has 4 aliphatic carbocycles. The van der Waals surface area contributed by atoms with Crippen LogP contribution in [0.25, 0.3) is 0 Å². The molecule has 0 aromatic carbocycles. The fraction of sp³-hybridized carbons (Fsp3) is 0.931. The Kier molecular flexibility index (Phi) is 4.60. The highest BCUT2D eigenvalue weighted by Crippen LogP contribution is 2.78. The van der Waals surface area contributed by atoms with Gasteiger partial charge in [0.25, 0.3) is 0 Å². The topological polar surface area (TPSA) is 43.4 Å². The van der Waals surface area contributed by atoms with Crippen LogP contribution in [0.2, 0.25) is 0 Å². The predicted molar refractivity (Wildman–Crippen MR) is 127 cm³/mol. The lowest BCUT2D eigenvalue weighted by atomic mass is 9.30. The molecule has 0 aromatic rings. The fourth-order valence-electron chi connectivity index (χ4n) is 10.6. The summed E-state index contributed by atoms with van der Waals surface area (Å²) in [4.78, 5) is 25.8. The van der Waals surface area contributed by atoms with Gasteiger partial charge >= 0.3 is 11.9 Å². The van der Waals surface area contributed by atoms with E-state index >= 15 is 0 Å². The molecule has 3 nitrogen and oxygen atoms in total. The molecule has 5 rings (SSSR count). The van der Waals surface area contributed by atoms with Crippen molar-refractivity contribution in [3.05, 3.63) is 0 Å². The standard InChI is InChI=1S/C29H46O3/c1-18-22(30)32-23(31)21-26(18,5)10-9-19-27(21,6)14-16-29(8)20-17-24(2,3)11-12-25(20,4)13-15-28(19,29)7/h18-21H,9-17H2,1-8H3. The van der Waals surface area contributed by atoms with Gasteiger partial charge in [0.1, 0.15) is 0 Å². The summed E-state index contributed by atoms with van der Waals surface area (Å²) in [5, 5.41) is 0. The maximum atomic E-state index is 13.3. The van der Waals surface area contributed by atoms with E-state index in [1.807, 2.05) is 6.92 Å². The summed E-state index contributed by atoms with van der Waals surface area (Å²) >= 11 is 0. The third-order valence-electron chi connectivity index (χ3n) is 13.1. The molecule has 9 unspecified atom stereocenters. The molecule has 0 aromatic heterocycles. The van der Waals surface area contributed by atoms with Gasteiger partial charge in [-0.1, -0.05) is 55.4 Å². The lowest BCUT2D eigenvalue weighted by Crippen LogP contribution is -2.69. The molecule has 0 radical (unpaired) electrons. The first-order valence-electron chi connectivity index (χ1n) is 13.4. The number of esters is 2. The van der Waals surface area contributed by atoms with Crippen molar-refractivity contribution in [2.75, 3.05) is 0 Å². The van der Waals surface area contributed by atoms with Crippen molar-refractivity contribution in [2.24, 2.45) is 56.2 Å². The van der Waals surface area contributed by atoms with Crippen molar-refractivity contribution in [1.82, 2.24) is 0 Å². The number of carbonyl (C=O) groups excluding carboxylic acids is 2. The minimum Gasteiger partial charge on any atom is -0.393 e. The van der Waals surface area contributed by atoms with Crippen LogP contribution in [0.3, 0.4) is 0 Å². The van der Waals surface area contributed by atoms with Crippen LogP contribution >= 0.6 is 0 Å². The number of hydrogen-bond donors (Lipinski definition) is 0. The van der Waals surface area contributed by atoms with Crippen LogP contribution in [0.15, 0.2) is 0 Å². The average molecular weight is 443 g/mol. The van der Waals surface area contributed by atoms with Crippen LogP contribution in [0.5, 0.6) is 0 Å². The monoisotopic (exact) mass is 442 g/mol. The Morgan fingerprint density at radius 1 is 0.688 bits per heavy atom. The molecule has 1 saturated heterocycles. The second-order valence-electron chi connectivity index (χ2n) is 14.9. The van der Waals surface area contributed by atoms with E-state index in [1.54, 1.807) is 0 Å². The Labute approximate surface area is 195 Å². The van der Waals surface area contributed by atoms with Gasteiger partial charge in [-0.15, -0.1) is 0 Å². The van der Waals surface area contributed by atoms with E-state index in [-0.39, 0.29) is 40.0 Å². The molecule has 3 heteroatoms. The number of hydrogen-bond acceptors (Lipinski definition) is 3. The second kappa shape index (κ2) is 6.42. The highest BCUT2D eigenvalue weighted by molar-refractivity contribution is 5.92. The zero-order chi connectivity index (χ0) is 23.5. The minimum absolute atomic E-state index is 0.0781. The first-order chi connectivity index (χ1) is 14.6. The van der Waals surface area contributed by atoms with E-state index in [2.05, 4.69) is 48.5 Å². The van der Waals surface area contributed by atoms with Gasteiger partial charge in [-0.25, -0.2) is 0 Å². The normalized spacial score (nSPS) is 56.9. The lowest BCUT2D eigenvalue weighted by molar-refractivity contribution is -0.260. The van der Waals surface area contributed by atoms with Crippen molar-refractivity contribution >= 4 is 11.9 Å². The van der Waals surface area contributed by atoms with Crippen molar-refractivity contribution in [1.29, 1.82) is 0 Å². The van der Waals surface area contributed by atoms with Gasteiger partial charge < -0.3 is 4.74 Å². The molecule has 32 heavy (non-hydrogen) atoms. The summed E-state index contributed by atoms with van der Waals surface area (Å²) in [5.74, 6) is 0.398. The molecule has 0 N–H and O–H groups in total. The maximum Gasteiger partial charge on any atom is 0.317 e. The Morgan fingerprint density at radius 2 is 1.28 bits per heavy atom. The Bertz CT molecular complexity index is 860. The summed E-state index contributed by atoms with van der Waals surface area (Å²) in [6.07, 6.45) is 11.1. The zero-order valence-corrected chi connectivity index (χ0v) is 21.9. The molecule has 9 atom stereocenters. The van der Waals surface area contributed by atoms with Crippen molar-refractivity contribution in [2.45, 2.75) is 113 Å². The number of rotatable bonds is 0. The molecule has 180 valence electrons. The van der Waals surface area contributed by atoms with E-state index in [0.717, 1.165) is 25.2 Å². The molecular formula is C29H46O3. The first-order valence-corrected chi connectivity index (χ1v) is 13.4. The van der Waals surface area contributed by atoms with E-state index in [4.69, 9.17) is 4.74 Å². The molecule has 0 bridgehead atoms. The molecular weight excluding hydrogens is 396 g/mol. The quantitative estimate of drug-likeness (QED) is 0.295. The molecule has 5 aliphatic rings. The molecule has 0 amide bonds. The van der Waals surface area contributed by atoms with Crippen LogP contribution in [-0.4, -0.2) is 11.9 Å².